The Labute approximate surface area is 182 Å². The molecule has 1 aliphatic rings. The minimum atomic E-state index is -0.348. The summed E-state index contributed by atoms with van der Waals surface area (Å²) in [4.78, 5) is 21.5. The first kappa shape index (κ1) is 19.3. The van der Waals surface area contributed by atoms with Crippen molar-refractivity contribution in [2.24, 2.45) is 5.10 Å². The largest absolute Gasteiger partial charge is 0.467 e. The van der Waals surface area contributed by atoms with Crippen molar-refractivity contribution in [3.63, 3.8) is 0 Å². The number of carbonyl (C=O) groups excluding carboxylic acids is 1. The van der Waals surface area contributed by atoms with Crippen LogP contribution in [0, 0.1) is 0 Å². The number of hydrogen-bond acceptors (Lipinski definition) is 6. The molecule has 5 rings (SSSR count). The fraction of sp³-hybridized carbons (Fsp3) is 0.130. The Morgan fingerprint density at radius 2 is 1.94 bits per heavy atom. The van der Waals surface area contributed by atoms with E-state index in [-0.39, 0.29) is 18.6 Å². The first-order valence-electron chi connectivity index (χ1n) is 9.70. The zero-order valence-electron chi connectivity index (χ0n) is 16.3. The highest BCUT2D eigenvalue weighted by Crippen LogP contribution is 2.33. The fourth-order valence-corrected chi connectivity index (χ4v) is 3.68. The molecule has 0 spiro atoms. The van der Waals surface area contributed by atoms with Gasteiger partial charge in [-0.15, -0.1) is 0 Å². The second kappa shape index (κ2) is 8.20. The molecule has 3 heterocycles. The molecule has 0 bridgehead atoms. The van der Waals surface area contributed by atoms with Crippen LogP contribution in [0.4, 0.5) is 0 Å². The Balaban J connectivity index is 1.39. The van der Waals surface area contributed by atoms with Crippen LogP contribution in [0.25, 0.3) is 10.9 Å². The molecular weight excluding hydrogens is 416 g/mol. The van der Waals surface area contributed by atoms with E-state index in [1.807, 2.05) is 42.5 Å². The summed E-state index contributed by atoms with van der Waals surface area (Å²) in [6.45, 7) is -0.213. The van der Waals surface area contributed by atoms with E-state index in [1.54, 1.807) is 24.5 Å². The van der Waals surface area contributed by atoms with Gasteiger partial charge in [-0.3, -0.25) is 4.79 Å². The number of benzene rings is 2. The topological polar surface area (TPSA) is 80.8 Å². The third-order valence-electron chi connectivity index (χ3n) is 5.05. The minimum absolute atomic E-state index is 0.213. The Kier molecular flexibility index (Phi) is 5.09. The molecule has 0 saturated carbocycles. The summed E-state index contributed by atoms with van der Waals surface area (Å²) in [5, 5.41) is 7.39. The van der Waals surface area contributed by atoms with E-state index in [9.17, 15) is 4.79 Å². The molecule has 1 aliphatic heterocycles. The summed E-state index contributed by atoms with van der Waals surface area (Å²) in [6, 6.07) is 18.1. The molecule has 1 amide bonds. The number of fused-ring (bicyclic) bond motifs is 1. The number of furan rings is 1. The molecule has 31 heavy (non-hydrogen) atoms. The lowest BCUT2D eigenvalue weighted by Crippen LogP contribution is -2.31. The van der Waals surface area contributed by atoms with Gasteiger partial charge in [0.2, 0.25) is 5.88 Å². The van der Waals surface area contributed by atoms with Gasteiger partial charge in [-0.25, -0.2) is 15.0 Å². The maximum atomic E-state index is 13.1. The van der Waals surface area contributed by atoms with E-state index in [2.05, 4.69) is 15.1 Å². The molecule has 154 valence electrons. The number of hydrogen-bond donors (Lipinski definition) is 0. The number of rotatable bonds is 5. The van der Waals surface area contributed by atoms with Gasteiger partial charge in [-0.05, 0) is 42.0 Å². The fourth-order valence-electron chi connectivity index (χ4n) is 3.55. The molecule has 1 atom stereocenters. The Morgan fingerprint density at radius 3 is 2.74 bits per heavy atom. The molecule has 2 aromatic carbocycles. The number of nitrogens with zero attached hydrogens (tertiary/aromatic N) is 4. The Bertz CT molecular complexity index is 1250. The predicted molar refractivity (Wildman–Crippen MR) is 116 cm³/mol. The van der Waals surface area contributed by atoms with Gasteiger partial charge in [0.05, 0.1) is 22.9 Å². The van der Waals surface area contributed by atoms with E-state index < -0.39 is 0 Å². The number of halogens is 1. The first-order chi connectivity index (χ1) is 15.2. The van der Waals surface area contributed by atoms with Crippen LogP contribution in [0.1, 0.15) is 23.8 Å². The lowest BCUT2D eigenvalue weighted by Gasteiger charge is -2.20. The lowest BCUT2D eigenvalue weighted by molar-refractivity contribution is -0.135. The van der Waals surface area contributed by atoms with Crippen LogP contribution < -0.4 is 4.74 Å². The van der Waals surface area contributed by atoms with E-state index in [4.69, 9.17) is 20.8 Å². The standard InChI is InChI=1S/C23H17ClN4O3/c24-16-9-7-15(8-10-16)19-12-20(21-6-3-11-30-21)28(27-19)22(29)13-31-23-17-4-1-2-5-18(17)25-14-26-23/h1-11,14,20H,12-13H2/t20-/m1/s1. The third kappa shape index (κ3) is 3.87. The van der Waals surface area contributed by atoms with E-state index in [1.165, 1.54) is 11.3 Å². The van der Waals surface area contributed by atoms with Crippen molar-refractivity contribution >= 4 is 34.1 Å². The van der Waals surface area contributed by atoms with Gasteiger partial charge in [0.1, 0.15) is 18.1 Å². The van der Waals surface area contributed by atoms with Crippen molar-refractivity contribution in [1.29, 1.82) is 0 Å². The van der Waals surface area contributed by atoms with Gasteiger partial charge in [0, 0.05) is 11.4 Å². The van der Waals surface area contributed by atoms with E-state index >= 15 is 0 Å². The van der Waals surface area contributed by atoms with Crippen LogP contribution in [0.15, 0.2) is 82.8 Å². The second-order valence-electron chi connectivity index (χ2n) is 7.01. The van der Waals surface area contributed by atoms with Crippen molar-refractivity contribution in [2.45, 2.75) is 12.5 Å². The molecule has 4 aromatic rings. The SMILES string of the molecule is O=C(COc1ncnc2ccccc12)N1N=C(c2ccc(Cl)cc2)C[C@@H]1c1ccco1. The molecule has 0 N–H and O–H groups in total. The van der Waals surface area contributed by atoms with Crippen LogP contribution in [-0.2, 0) is 4.79 Å². The summed E-state index contributed by atoms with van der Waals surface area (Å²) >= 11 is 6.00. The zero-order chi connectivity index (χ0) is 21.2. The molecule has 0 saturated heterocycles. The number of hydrazone groups is 1. The second-order valence-corrected chi connectivity index (χ2v) is 7.45. The van der Waals surface area contributed by atoms with Crippen molar-refractivity contribution < 1.29 is 13.9 Å². The molecule has 0 fully saturated rings. The minimum Gasteiger partial charge on any atom is -0.467 e. The van der Waals surface area contributed by atoms with Gasteiger partial charge < -0.3 is 9.15 Å². The number of carbonyl (C=O) groups is 1. The zero-order valence-corrected chi connectivity index (χ0v) is 17.1. The number of amides is 1. The molecule has 2 aromatic heterocycles. The number of para-hydroxylation sites is 1. The van der Waals surface area contributed by atoms with Crippen LogP contribution >= 0.6 is 11.6 Å². The van der Waals surface area contributed by atoms with E-state index in [0.29, 0.717) is 23.1 Å². The highest BCUT2D eigenvalue weighted by atomic mass is 35.5. The summed E-state index contributed by atoms with van der Waals surface area (Å²) in [5.74, 6) is 0.719. The van der Waals surface area contributed by atoms with Crippen LogP contribution in [0.5, 0.6) is 5.88 Å². The Hall–Kier alpha value is -3.71. The highest BCUT2D eigenvalue weighted by Gasteiger charge is 2.35. The average Bonchev–Trinajstić information content (AvgIpc) is 3.48. The maximum Gasteiger partial charge on any atom is 0.281 e. The smallest absolute Gasteiger partial charge is 0.281 e. The maximum absolute atomic E-state index is 13.1. The number of aromatic nitrogens is 2. The van der Waals surface area contributed by atoms with Gasteiger partial charge in [0.25, 0.3) is 5.91 Å². The molecule has 7 nitrogen and oxygen atoms in total. The normalized spacial score (nSPS) is 15.8. The summed E-state index contributed by atoms with van der Waals surface area (Å²) in [7, 11) is 0. The Morgan fingerprint density at radius 1 is 1.10 bits per heavy atom. The van der Waals surface area contributed by atoms with Crippen molar-refractivity contribution in [3.8, 4) is 5.88 Å². The molecule has 0 radical (unpaired) electrons. The van der Waals surface area contributed by atoms with Crippen LogP contribution in [0.2, 0.25) is 5.02 Å². The summed E-state index contributed by atoms with van der Waals surface area (Å²) in [5.41, 5.74) is 2.43. The van der Waals surface area contributed by atoms with Crippen LogP contribution in [-0.4, -0.2) is 33.2 Å². The predicted octanol–water partition coefficient (Wildman–Crippen LogP) is 4.63. The summed E-state index contributed by atoms with van der Waals surface area (Å²) < 4.78 is 11.3. The quantitative estimate of drug-likeness (QED) is 0.459. The van der Waals surface area contributed by atoms with Crippen molar-refractivity contribution in [3.05, 3.63) is 89.6 Å². The van der Waals surface area contributed by atoms with Crippen LogP contribution in [0.3, 0.4) is 0 Å². The molecule has 0 aliphatic carbocycles. The first-order valence-corrected chi connectivity index (χ1v) is 10.1. The van der Waals surface area contributed by atoms with Gasteiger partial charge >= 0.3 is 0 Å². The van der Waals surface area contributed by atoms with Gasteiger partial charge in [-0.1, -0.05) is 35.9 Å². The molecule has 8 heteroatoms. The average molecular weight is 433 g/mol. The lowest BCUT2D eigenvalue weighted by atomic mass is 10.0. The van der Waals surface area contributed by atoms with Crippen molar-refractivity contribution in [2.75, 3.05) is 6.61 Å². The third-order valence-corrected chi connectivity index (χ3v) is 5.31. The van der Waals surface area contributed by atoms with Gasteiger partial charge in [-0.2, -0.15) is 5.10 Å². The van der Waals surface area contributed by atoms with Crippen molar-refractivity contribution in [1.82, 2.24) is 15.0 Å². The monoisotopic (exact) mass is 432 g/mol. The molecule has 0 unspecified atom stereocenters. The number of ether oxygens (including phenoxy) is 1. The van der Waals surface area contributed by atoms with E-state index in [0.717, 1.165) is 22.2 Å². The molecular formula is C23H17ClN4O3. The summed E-state index contributed by atoms with van der Waals surface area (Å²) in [6.07, 6.45) is 3.53. The van der Waals surface area contributed by atoms with Gasteiger partial charge in [0.15, 0.2) is 6.61 Å². The highest BCUT2D eigenvalue weighted by molar-refractivity contribution is 6.30.